The first-order valence-electron chi connectivity index (χ1n) is 12.5. The molecule has 208 valence electrons. The van der Waals surface area contributed by atoms with Crippen LogP contribution in [0.5, 0.6) is 0 Å². The Hall–Kier alpha value is -4.89. The molecule has 1 aliphatic heterocycles. The average molecular weight is 550 g/mol. The molecule has 0 radical (unpaired) electrons. The first-order valence-corrected chi connectivity index (χ1v) is 12.5. The van der Waals surface area contributed by atoms with Gasteiger partial charge in [0.05, 0.1) is 11.6 Å². The highest BCUT2D eigenvalue weighted by molar-refractivity contribution is 5.90. The predicted molar refractivity (Wildman–Crippen MR) is 140 cm³/mol. The van der Waals surface area contributed by atoms with Crippen molar-refractivity contribution in [3.63, 3.8) is 0 Å². The Morgan fingerprint density at radius 1 is 1.02 bits per heavy atom. The van der Waals surface area contributed by atoms with Crippen LogP contribution in [-0.2, 0) is 16.1 Å². The Morgan fingerprint density at radius 3 is 2.23 bits per heavy atom. The Morgan fingerprint density at radius 2 is 1.65 bits per heavy atom. The van der Waals surface area contributed by atoms with E-state index in [9.17, 15) is 18.8 Å². The number of hydrogen-bond acceptors (Lipinski definition) is 8. The molecule has 2 aromatic carbocycles. The fourth-order valence-corrected chi connectivity index (χ4v) is 4.01. The van der Waals surface area contributed by atoms with Crippen LogP contribution in [-0.4, -0.2) is 62.8 Å². The molecule has 40 heavy (non-hydrogen) atoms. The maximum Gasteiger partial charge on any atom is 0.328 e. The highest BCUT2D eigenvalue weighted by Crippen LogP contribution is 2.22. The number of hydrogen-bond donors (Lipinski definition) is 3. The quantitative estimate of drug-likeness (QED) is 0.336. The molecule has 2 heterocycles. The minimum absolute atomic E-state index is 0.0709. The highest BCUT2D eigenvalue weighted by atomic mass is 19.1. The summed E-state index contributed by atoms with van der Waals surface area (Å²) in [5.41, 5.74) is 2.31. The lowest BCUT2D eigenvalue weighted by atomic mass is 9.93. The molecular formula is C28H28FN5O6. The summed E-state index contributed by atoms with van der Waals surface area (Å²) in [6, 6.07) is 15.4. The summed E-state index contributed by atoms with van der Waals surface area (Å²) in [6.45, 7) is 3.37. The van der Waals surface area contributed by atoms with Crippen molar-refractivity contribution in [3.8, 4) is 17.5 Å². The van der Waals surface area contributed by atoms with Crippen LogP contribution in [0.4, 0.5) is 4.39 Å². The molecule has 4 rings (SSSR count). The number of nitriles is 1. The molecule has 3 aromatic rings. The van der Waals surface area contributed by atoms with Gasteiger partial charge < -0.3 is 19.9 Å². The van der Waals surface area contributed by atoms with Gasteiger partial charge in [-0.05, 0) is 80.2 Å². The first-order chi connectivity index (χ1) is 19.2. The Kier molecular flexibility index (Phi) is 11.0. The standard InChI is InChI=1S/C24H24FN5O2.C4H4O4/c25-21-7-3-19(4-8-21)16-30-13-10-17(11-14-30)9-12-27-22(31)24-29-28-23(32-24)20-5-1-18(15-26)2-6-20;5-3(6)1-2-4(7)8/h1-8,17H,9-14,16H2,(H,27,31);1-2H,(H,5,6)(H,7,8). The largest absolute Gasteiger partial charge is 0.478 e. The molecule has 3 N–H and O–H groups in total. The lowest BCUT2D eigenvalue weighted by Crippen LogP contribution is -2.35. The Balaban J connectivity index is 0.000000482. The second-order valence-electron chi connectivity index (χ2n) is 9.00. The van der Waals surface area contributed by atoms with Crippen LogP contribution in [0.3, 0.4) is 0 Å². The summed E-state index contributed by atoms with van der Waals surface area (Å²) in [5, 5.41) is 35.1. The number of halogens is 1. The smallest absolute Gasteiger partial charge is 0.328 e. The summed E-state index contributed by atoms with van der Waals surface area (Å²) in [5.74, 6) is -2.38. The minimum atomic E-state index is -1.26. The normalized spacial score (nSPS) is 13.7. The van der Waals surface area contributed by atoms with Crippen molar-refractivity contribution in [3.05, 3.63) is 83.5 Å². The number of carboxylic acid groups (broad SMARTS) is 2. The second kappa shape index (κ2) is 14.9. The van der Waals surface area contributed by atoms with E-state index in [1.165, 1.54) is 12.1 Å². The van der Waals surface area contributed by atoms with Gasteiger partial charge in [-0.15, -0.1) is 10.2 Å². The van der Waals surface area contributed by atoms with Crippen LogP contribution < -0.4 is 5.32 Å². The Bertz CT molecular complexity index is 1340. The van der Waals surface area contributed by atoms with Gasteiger partial charge in [-0.25, -0.2) is 14.0 Å². The van der Waals surface area contributed by atoms with Crippen LogP contribution >= 0.6 is 0 Å². The maximum absolute atomic E-state index is 13.0. The molecule has 0 spiro atoms. The van der Waals surface area contributed by atoms with Crippen molar-refractivity contribution < 1.29 is 33.4 Å². The number of piperidine rings is 1. The van der Waals surface area contributed by atoms with E-state index < -0.39 is 11.9 Å². The zero-order valence-electron chi connectivity index (χ0n) is 21.5. The van der Waals surface area contributed by atoms with E-state index in [0.29, 0.717) is 35.7 Å². The summed E-state index contributed by atoms with van der Waals surface area (Å²) in [4.78, 5) is 33.8. The third kappa shape index (κ3) is 9.77. The van der Waals surface area contributed by atoms with Gasteiger partial charge >= 0.3 is 23.7 Å². The summed E-state index contributed by atoms with van der Waals surface area (Å²) < 4.78 is 18.5. The molecule has 1 saturated heterocycles. The molecule has 0 aliphatic carbocycles. The lowest BCUT2D eigenvalue weighted by molar-refractivity contribution is -0.134. The van der Waals surface area contributed by atoms with Gasteiger partial charge in [0.25, 0.3) is 0 Å². The lowest BCUT2D eigenvalue weighted by Gasteiger charge is -2.32. The van der Waals surface area contributed by atoms with Crippen molar-refractivity contribution >= 4 is 17.8 Å². The fraction of sp³-hybridized carbons (Fsp3) is 0.286. The van der Waals surface area contributed by atoms with Gasteiger partial charge in [-0.3, -0.25) is 9.69 Å². The molecule has 1 aliphatic rings. The SMILES string of the molecule is N#Cc1ccc(-c2nnc(C(=O)NCCC3CCN(Cc4ccc(F)cc4)CC3)o2)cc1.O=C(O)C=CC(=O)O. The van der Waals surface area contributed by atoms with E-state index in [1.54, 1.807) is 24.3 Å². The number of rotatable bonds is 9. The molecule has 1 amide bonds. The predicted octanol–water partition coefficient (Wildman–Crippen LogP) is 3.49. The van der Waals surface area contributed by atoms with Gasteiger partial charge in [-0.1, -0.05) is 12.1 Å². The second-order valence-corrected chi connectivity index (χ2v) is 9.00. The number of carbonyl (C=O) groups is 3. The minimum Gasteiger partial charge on any atom is -0.478 e. The third-order valence-corrected chi connectivity index (χ3v) is 6.11. The number of nitrogens with zero attached hydrogens (tertiary/aromatic N) is 4. The van der Waals surface area contributed by atoms with Crippen LogP contribution in [0.25, 0.3) is 11.5 Å². The van der Waals surface area contributed by atoms with Crippen molar-refractivity contribution in [1.82, 2.24) is 20.4 Å². The first kappa shape index (κ1) is 29.7. The molecule has 1 fully saturated rings. The van der Waals surface area contributed by atoms with E-state index in [0.717, 1.165) is 44.5 Å². The number of likely N-dealkylation sites (tertiary alicyclic amines) is 1. The number of nitrogens with one attached hydrogen (secondary N) is 1. The van der Waals surface area contributed by atoms with Crippen LogP contribution in [0.15, 0.2) is 65.1 Å². The summed E-state index contributed by atoms with van der Waals surface area (Å²) >= 11 is 0. The van der Waals surface area contributed by atoms with Crippen molar-refractivity contribution in [2.75, 3.05) is 19.6 Å². The van der Waals surface area contributed by atoms with Crippen molar-refractivity contribution in [2.45, 2.75) is 25.8 Å². The van der Waals surface area contributed by atoms with Gasteiger partial charge in [0.2, 0.25) is 5.89 Å². The summed E-state index contributed by atoms with van der Waals surface area (Å²) in [6.07, 6.45) is 4.15. The van der Waals surface area contributed by atoms with E-state index in [4.69, 9.17) is 19.9 Å². The number of benzene rings is 2. The maximum atomic E-state index is 13.0. The van der Waals surface area contributed by atoms with E-state index in [1.807, 2.05) is 18.2 Å². The molecular weight excluding hydrogens is 521 g/mol. The number of carboxylic acids is 2. The molecule has 1 aromatic heterocycles. The van der Waals surface area contributed by atoms with Gasteiger partial charge in [0.1, 0.15) is 5.82 Å². The van der Waals surface area contributed by atoms with E-state index >= 15 is 0 Å². The van der Waals surface area contributed by atoms with Crippen LogP contribution in [0.2, 0.25) is 0 Å². The number of amides is 1. The molecule has 0 atom stereocenters. The fourth-order valence-electron chi connectivity index (χ4n) is 4.01. The monoisotopic (exact) mass is 549 g/mol. The van der Waals surface area contributed by atoms with Crippen LogP contribution in [0.1, 0.15) is 41.1 Å². The topological polar surface area (TPSA) is 170 Å². The van der Waals surface area contributed by atoms with Gasteiger partial charge in [-0.2, -0.15) is 5.26 Å². The molecule has 12 heteroatoms. The van der Waals surface area contributed by atoms with Crippen molar-refractivity contribution in [2.24, 2.45) is 5.92 Å². The zero-order chi connectivity index (χ0) is 28.9. The van der Waals surface area contributed by atoms with E-state index in [-0.39, 0.29) is 23.5 Å². The Labute approximate surface area is 229 Å². The van der Waals surface area contributed by atoms with Crippen molar-refractivity contribution in [1.29, 1.82) is 5.26 Å². The summed E-state index contributed by atoms with van der Waals surface area (Å²) in [7, 11) is 0. The number of aromatic nitrogens is 2. The number of carbonyl (C=O) groups excluding carboxylic acids is 1. The van der Waals surface area contributed by atoms with E-state index in [2.05, 4.69) is 20.4 Å². The molecule has 11 nitrogen and oxygen atoms in total. The van der Waals surface area contributed by atoms with Gasteiger partial charge in [0.15, 0.2) is 0 Å². The third-order valence-electron chi connectivity index (χ3n) is 6.11. The van der Waals surface area contributed by atoms with Crippen LogP contribution in [0, 0.1) is 23.1 Å². The highest BCUT2D eigenvalue weighted by Gasteiger charge is 2.20. The molecule has 0 unspecified atom stereocenters. The van der Waals surface area contributed by atoms with Gasteiger partial charge in [0, 0.05) is 30.8 Å². The molecule has 0 saturated carbocycles. The zero-order valence-corrected chi connectivity index (χ0v) is 21.5. The average Bonchev–Trinajstić information content (AvgIpc) is 3.45. The molecule has 0 bridgehead atoms. The number of aliphatic carboxylic acids is 2.